The van der Waals surface area contributed by atoms with Crippen molar-refractivity contribution in [2.24, 2.45) is 5.92 Å². The first-order valence-electron chi connectivity index (χ1n) is 4.87. The molecule has 0 aliphatic heterocycles. The molecule has 0 saturated carbocycles. The minimum atomic E-state index is 0.0371. The van der Waals surface area contributed by atoms with Crippen LogP contribution in [0.15, 0.2) is 18.5 Å². The first-order chi connectivity index (χ1) is 6.59. The molecular weight excluding hydrogens is 178 g/mol. The molecule has 1 aromatic heterocycles. The lowest BCUT2D eigenvalue weighted by Crippen LogP contribution is -2.38. The third kappa shape index (κ3) is 3.20. The van der Waals surface area contributed by atoms with E-state index in [-0.39, 0.29) is 17.9 Å². The van der Waals surface area contributed by atoms with Crippen molar-refractivity contribution in [1.29, 1.82) is 0 Å². The fourth-order valence-corrected chi connectivity index (χ4v) is 1.14. The number of carbonyl (C=O) groups excluding carboxylic acids is 1. The van der Waals surface area contributed by atoms with Crippen LogP contribution in [-0.2, 0) is 11.3 Å². The molecular formula is C10H17N3O. The van der Waals surface area contributed by atoms with Gasteiger partial charge in [0.05, 0.1) is 6.54 Å². The Morgan fingerprint density at radius 1 is 1.50 bits per heavy atom. The number of hydrogen-bond donors (Lipinski definition) is 1. The second kappa shape index (κ2) is 4.79. The zero-order valence-electron chi connectivity index (χ0n) is 8.90. The van der Waals surface area contributed by atoms with Crippen molar-refractivity contribution >= 4 is 5.91 Å². The molecule has 1 N–H and O–H groups in total. The van der Waals surface area contributed by atoms with Crippen LogP contribution >= 0.6 is 0 Å². The second-order valence-corrected chi connectivity index (χ2v) is 3.79. The summed E-state index contributed by atoms with van der Waals surface area (Å²) in [5.74, 6) is 0.125. The Morgan fingerprint density at radius 3 is 2.71 bits per heavy atom. The molecule has 0 unspecified atom stereocenters. The van der Waals surface area contributed by atoms with Gasteiger partial charge in [0.15, 0.2) is 0 Å². The van der Waals surface area contributed by atoms with Crippen molar-refractivity contribution in [2.45, 2.75) is 33.4 Å². The molecule has 0 radical (unpaired) electrons. The van der Waals surface area contributed by atoms with Gasteiger partial charge in [0.25, 0.3) is 0 Å². The predicted octanol–water partition coefficient (Wildman–Crippen LogP) is 1.04. The monoisotopic (exact) mass is 195 g/mol. The molecule has 0 bridgehead atoms. The standard InChI is InChI=1S/C10H17N3O/c1-8(2)10(14)12-9(3)7-13-6-4-5-11-13/h4-6,8-9H,7H2,1-3H3,(H,12,14)/t9-/m0/s1. The predicted molar refractivity (Wildman–Crippen MR) is 54.7 cm³/mol. The fourth-order valence-electron chi connectivity index (χ4n) is 1.14. The van der Waals surface area contributed by atoms with E-state index in [2.05, 4.69) is 10.4 Å². The van der Waals surface area contributed by atoms with Crippen molar-refractivity contribution in [3.05, 3.63) is 18.5 Å². The molecule has 0 aliphatic carbocycles. The van der Waals surface area contributed by atoms with Gasteiger partial charge in [-0.1, -0.05) is 13.8 Å². The van der Waals surface area contributed by atoms with Crippen molar-refractivity contribution in [3.63, 3.8) is 0 Å². The molecule has 1 amide bonds. The highest BCUT2D eigenvalue weighted by atomic mass is 16.1. The van der Waals surface area contributed by atoms with Gasteiger partial charge in [-0.3, -0.25) is 9.48 Å². The van der Waals surface area contributed by atoms with Crippen molar-refractivity contribution < 1.29 is 4.79 Å². The average Bonchev–Trinajstić information content (AvgIpc) is 2.56. The molecule has 14 heavy (non-hydrogen) atoms. The topological polar surface area (TPSA) is 46.9 Å². The summed E-state index contributed by atoms with van der Waals surface area (Å²) >= 11 is 0. The summed E-state index contributed by atoms with van der Waals surface area (Å²) in [5, 5.41) is 6.99. The molecule has 1 heterocycles. The van der Waals surface area contributed by atoms with Crippen LogP contribution in [0.1, 0.15) is 20.8 Å². The van der Waals surface area contributed by atoms with Crippen LogP contribution in [0.2, 0.25) is 0 Å². The van der Waals surface area contributed by atoms with E-state index >= 15 is 0 Å². The summed E-state index contributed by atoms with van der Waals surface area (Å²) in [6.45, 7) is 6.46. The maximum absolute atomic E-state index is 11.3. The Balaban J connectivity index is 2.36. The molecule has 0 saturated heterocycles. The Hall–Kier alpha value is -1.32. The Kier molecular flexibility index (Phi) is 3.68. The van der Waals surface area contributed by atoms with Gasteiger partial charge in [-0.15, -0.1) is 0 Å². The molecule has 4 nitrogen and oxygen atoms in total. The Bertz CT molecular complexity index is 280. The molecule has 0 spiro atoms. The van der Waals surface area contributed by atoms with E-state index in [9.17, 15) is 4.79 Å². The van der Waals surface area contributed by atoms with Crippen LogP contribution in [0.3, 0.4) is 0 Å². The Morgan fingerprint density at radius 2 is 2.21 bits per heavy atom. The molecule has 1 rings (SSSR count). The minimum absolute atomic E-state index is 0.0371. The van der Waals surface area contributed by atoms with Gasteiger partial charge in [0, 0.05) is 24.4 Å². The van der Waals surface area contributed by atoms with Gasteiger partial charge in [-0.25, -0.2) is 0 Å². The van der Waals surface area contributed by atoms with Gasteiger partial charge >= 0.3 is 0 Å². The molecule has 0 aliphatic rings. The van der Waals surface area contributed by atoms with Gasteiger partial charge < -0.3 is 5.32 Å². The quantitative estimate of drug-likeness (QED) is 0.780. The van der Waals surface area contributed by atoms with Crippen molar-refractivity contribution in [2.75, 3.05) is 0 Å². The second-order valence-electron chi connectivity index (χ2n) is 3.79. The Labute approximate surface area is 84.3 Å². The van der Waals surface area contributed by atoms with Crippen LogP contribution in [0, 0.1) is 5.92 Å². The average molecular weight is 195 g/mol. The van der Waals surface area contributed by atoms with E-state index in [1.54, 1.807) is 6.20 Å². The van der Waals surface area contributed by atoms with E-state index in [4.69, 9.17) is 0 Å². The third-order valence-electron chi connectivity index (χ3n) is 1.93. The number of amides is 1. The molecule has 4 heteroatoms. The van der Waals surface area contributed by atoms with Gasteiger partial charge in [-0.2, -0.15) is 5.10 Å². The minimum Gasteiger partial charge on any atom is -0.352 e. The largest absolute Gasteiger partial charge is 0.352 e. The number of hydrogen-bond acceptors (Lipinski definition) is 2. The summed E-state index contributed by atoms with van der Waals surface area (Å²) in [7, 11) is 0. The maximum Gasteiger partial charge on any atom is 0.222 e. The molecule has 1 atom stereocenters. The lowest BCUT2D eigenvalue weighted by atomic mass is 10.2. The lowest BCUT2D eigenvalue weighted by Gasteiger charge is -2.15. The zero-order valence-corrected chi connectivity index (χ0v) is 8.90. The number of rotatable bonds is 4. The number of nitrogens with one attached hydrogen (secondary N) is 1. The van der Waals surface area contributed by atoms with Crippen LogP contribution in [0.5, 0.6) is 0 Å². The zero-order chi connectivity index (χ0) is 10.6. The smallest absolute Gasteiger partial charge is 0.222 e. The van der Waals surface area contributed by atoms with Crippen LogP contribution in [0.4, 0.5) is 0 Å². The van der Waals surface area contributed by atoms with Crippen LogP contribution < -0.4 is 5.32 Å². The van der Waals surface area contributed by atoms with Crippen LogP contribution in [-0.4, -0.2) is 21.7 Å². The number of nitrogens with zero attached hydrogens (tertiary/aromatic N) is 2. The normalized spacial score (nSPS) is 12.9. The third-order valence-corrected chi connectivity index (χ3v) is 1.93. The first-order valence-corrected chi connectivity index (χ1v) is 4.87. The summed E-state index contributed by atoms with van der Waals surface area (Å²) in [6.07, 6.45) is 3.62. The van der Waals surface area contributed by atoms with Crippen molar-refractivity contribution in [3.8, 4) is 0 Å². The summed E-state index contributed by atoms with van der Waals surface area (Å²) in [5.41, 5.74) is 0. The van der Waals surface area contributed by atoms with Gasteiger partial charge in [-0.05, 0) is 13.0 Å². The van der Waals surface area contributed by atoms with E-state index < -0.39 is 0 Å². The molecule has 0 aromatic carbocycles. The van der Waals surface area contributed by atoms with E-state index in [1.807, 2.05) is 37.7 Å². The van der Waals surface area contributed by atoms with E-state index in [0.717, 1.165) is 0 Å². The fraction of sp³-hybridized carbons (Fsp3) is 0.600. The highest BCUT2D eigenvalue weighted by Crippen LogP contribution is 1.95. The lowest BCUT2D eigenvalue weighted by molar-refractivity contribution is -0.124. The number of aromatic nitrogens is 2. The molecule has 78 valence electrons. The van der Waals surface area contributed by atoms with Crippen molar-refractivity contribution in [1.82, 2.24) is 15.1 Å². The molecule has 1 aromatic rings. The summed E-state index contributed by atoms with van der Waals surface area (Å²) < 4.78 is 1.81. The summed E-state index contributed by atoms with van der Waals surface area (Å²) in [6, 6.07) is 1.99. The SMILES string of the molecule is CC(C)C(=O)N[C@@H](C)Cn1cccn1. The maximum atomic E-state index is 11.3. The summed E-state index contributed by atoms with van der Waals surface area (Å²) in [4.78, 5) is 11.3. The molecule has 0 fully saturated rings. The highest BCUT2D eigenvalue weighted by molar-refractivity contribution is 5.78. The van der Waals surface area contributed by atoms with E-state index in [1.165, 1.54) is 0 Å². The van der Waals surface area contributed by atoms with Crippen LogP contribution in [0.25, 0.3) is 0 Å². The van der Waals surface area contributed by atoms with Gasteiger partial charge in [0.2, 0.25) is 5.91 Å². The highest BCUT2D eigenvalue weighted by Gasteiger charge is 2.10. The number of carbonyl (C=O) groups is 1. The van der Waals surface area contributed by atoms with Gasteiger partial charge in [0.1, 0.15) is 0 Å². The van der Waals surface area contributed by atoms with E-state index in [0.29, 0.717) is 6.54 Å². The first kappa shape index (κ1) is 10.8.